The third-order valence-electron chi connectivity index (χ3n) is 4.02. The van der Waals surface area contributed by atoms with Gasteiger partial charge in [0, 0.05) is 0 Å². The summed E-state index contributed by atoms with van der Waals surface area (Å²) < 4.78 is 0. The van der Waals surface area contributed by atoms with E-state index in [9.17, 15) is 0 Å². The van der Waals surface area contributed by atoms with Crippen LogP contribution in [0.15, 0.2) is 0 Å². The van der Waals surface area contributed by atoms with Gasteiger partial charge in [-0.05, 0) is 0 Å². The van der Waals surface area contributed by atoms with Crippen LogP contribution >= 0.6 is 0 Å². The molecule has 0 nitrogen and oxygen atoms in total. The van der Waals surface area contributed by atoms with Crippen LogP contribution in [0.2, 0.25) is 78.6 Å². The van der Waals surface area contributed by atoms with Crippen LogP contribution < -0.4 is 0 Å². The van der Waals surface area contributed by atoms with Gasteiger partial charge in [-0.25, -0.2) is 0 Å². The van der Waals surface area contributed by atoms with E-state index in [-0.39, 0.29) is 0 Å². The van der Waals surface area contributed by atoms with Crippen molar-refractivity contribution in [3.8, 4) is 0 Å². The molecule has 0 N–H and O–H groups in total. The summed E-state index contributed by atoms with van der Waals surface area (Å²) in [5.41, 5.74) is 0. The summed E-state index contributed by atoms with van der Waals surface area (Å²) in [5, 5.41) is 0. The summed E-state index contributed by atoms with van der Waals surface area (Å²) in [4.78, 5) is 0. The number of hydrogen-bond donors (Lipinski definition) is 0. The Kier molecular flexibility index (Phi) is 5.16. The second-order valence-electron chi connectivity index (χ2n) is 9.35. The molecule has 0 aliphatic heterocycles. The van der Waals surface area contributed by atoms with Crippen molar-refractivity contribution < 1.29 is 0 Å². The average molecular weight is 368 g/mol. The van der Waals surface area contributed by atoms with Crippen LogP contribution in [0, 0.1) is 0 Å². The normalized spacial score (nSPS) is 16.2. The molecule has 0 aromatic rings. The molecule has 0 aromatic heterocycles. The van der Waals surface area contributed by atoms with Crippen molar-refractivity contribution in [2.45, 2.75) is 78.6 Å². The Morgan fingerprint density at radius 2 is 0.471 bits per heavy atom. The van der Waals surface area contributed by atoms with E-state index in [0.29, 0.717) is 0 Å². The maximum atomic E-state index is 2.73. The van der Waals surface area contributed by atoms with Crippen LogP contribution in [0.3, 0.4) is 0 Å². The van der Waals surface area contributed by atoms with Crippen LogP contribution in [0.5, 0.6) is 0 Å². The Bertz CT molecular complexity index is 211. The van der Waals surface area contributed by atoms with E-state index in [1.165, 1.54) is 0 Å². The summed E-state index contributed by atoms with van der Waals surface area (Å²) in [6.45, 7) is 28.8. The van der Waals surface area contributed by atoms with Gasteiger partial charge >= 0.3 is 116 Å². The molecule has 0 radical (unpaired) electrons. The predicted molar refractivity (Wildman–Crippen MR) is 99.1 cm³/mol. The molecular formula is C12H36AsSi4+. The fourth-order valence-electron chi connectivity index (χ4n) is 6.04. The summed E-state index contributed by atoms with van der Waals surface area (Å²) in [6, 6.07) is 0. The number of rotatable bonds is 4. The molecule has 0 rings (SSSR count). The van der Waals surface area contributed by atoms with E-state index in [2.05, 4.69) is 78.6 Å². The van der Waals surface area contributed by atoms with Crippen molar-refractivity contribution in [3.63, 3.8) is 0 Å². The third kappa shape index (κ3) is 2.96. The standard InChI is InChI=1S/C12H36AsSi4/c1-14(2,3)13(15(4,5)6,16(7,8)9)17(10,11)12/h1-12H3/q+1. The summed E-state index contributed by atoms with van der Waals surface area (Å²) in [6.07, 6.45) is 0. The Hall–Kier alpha value is 1.43. The molecule has 0 heterocycles. The first-order chi connectivity index (χ1) is 7.00. The third-order valence-corrected chi connectivity index (χ3v) is 188. The zero-order chi connectivity index (χ0) is 14.5. The summed E-state index contributed by atoms with van der Waals surface area (Å²) >= 11 is 0. The molecular weight excluding hydrogens is 331 g/mol. The minimum atomic E-state index is -1.49. The first-order valence-electron chi connectivity index (χ1n) is 6.89. The van der Waals surface area contributed by atoms with Crippen molar-refractivity contribution in [1.82, 2.24) is 0 Å². The molecule has 0 unspecified atom stereocenters. The maximum absolute atomic E-state index is 2.73. The van der Waals surface area contributed by atoms with Gasteiger partial charge in [0.2, 0.25) is 0 Å². The van der Waals surface area contributed by atoms with E-state index in [1.54, 1.807) is 0 Å². The molecule has 0 aromatic carbocycles. The number of hydrogen-bond acceptors (Lipinski definition) is 0. The minimum absolute atomic E-state index is 0.986. The Morgan fingerprint density at radius 1 is 0.353 bits per heavy atom. The topological polar surface area (TPSA) is 0 Å². The monoisotopic (exact) mass is 367 g/mol. The van der Waals surface area contributed by atoms with Gasteiger partial charge in [-0.2, -0.15) is 0 Å². The van der Waals surface area contributed by atoms with Gasteiger partial charge < -0.3 is 0 Å². The molecule has 0 aliphatic carbocycles. The Balaban J connectivity index is 6.37. The van der Waals surface area contributed by atoms with Gasteiger partial charge in [-0.1, -0.05) is 0 Å². The Labute approximate surface area is 115 Å². The van der Waals surface area contributed by atoms with Gasteiger partial charge in [0.05, 0.1) is 0 Å². The second kappa shape index (κ2) is 4.76. The van der Waals surface area contributed by atoms with Crippen LogP contribution in [0.4, 0.5) is 0 Å². The molecule has 17 heavy (non-hydrogen) atoms. The van der Waals surface area contributed by atoms with E-state index in [4.69, 9.17) is 0 Å². The van der Waals surface area contributed by atoms with E-state index < -0.39 is 37.1 Å². The molecule has 0 spiro atoms. The van der Waals surface area contributed by atoms with Crippen molar-refractivity contribution in [2.75, 3.05) is 0 Å². The van der Waals surface area contributed by atoms with Crippen LogP contribution in [-0.2, 0) is 0 Å². The zero-order valence-electron chi connectivity index (χ0n) is 14.4. The van der Waals surface area contributed by atoms with Gasteiger partial charge in [0.1, 0.15) is 0 Å². The van der Waals surface area contributed by atoms with Gasteiger partial charge in [0.15, 0.2) is 0 Å². The van der Waals surface area contributed by atoms with Gasteiger partial charge in [-0.3, -0.25) is 0 Å². The van der Waals surface area contributed by atoms with Crippen molar-refractivity contribution in [3.05, 3.63) is 0 Å². The molecule has 0 fully saturated rings. The van der Waals surface area contributed by atoms with Crippen molar-refractivity contribution in [1.29, 1.82) is 0 Å². The van der Waals surface area contributed by atoms with Gasteiger partial charge in [0.25, 0.3) is 0 Å². The Morgan fingerprint density at radius 3 is 0.471 bits per heavy atom. The van der Waals surface area contributed by atoms with Crippen molar-refractivity contribution in [2.24, 2.45) is 0 Å². The molecule has 0 amide bonds. The fourth-order valence-corrected chi connectivity index (χ4v) is 282. The first kappa shape index (κ1) is 18.4. The molecule has 5 heteroatoms. The molecule has 104 valence electrons. The molecule has 0 aliphatic rings. The van der Waals surface area contributed by atoms with Crippen LogP contribution in [-0.4, -0.2) is 37.1 Å². The first-order valence-corrected chi connectivity index (χ1v) is 31.9. The van der Waals surface area contributed by atoms with Crippen LogP contribution in [0.25, 0.3) is 0 Å². The van der Waals surface area contributed by atoms with E-state index in [0.717, 1.165) is 0 Å². The molecule has 0 saturated heterocycles. The predicted octanol–water partition coefficient (Wildman–Crippen LogP) is 5.10. The second-order valence-corrected chi connectivity index (χ2v) is 91.2. The van der Waals surface area contributed by atoms with Gasteiger partial charge in [-0.15, -0.1) is 0 Å². The quantitative estimate of drug-likeness (QED) is 0.606. The van der Waals surface area contributed by atoms with E-state index >= 15 is 0 Å². The molecule has 0 bridgehead atoms. The van der Waals surface area contributed by atoms with E-state index in [1.807, 2.05) is 0 Å². The zero-order valence-corrected chi connectivity index (χ0v) is 20.3. The summed E-state index contributed by atoms with van der Waals surface area (Å²) in [5.74, 6) is 0. The average Bonchev–Trinajstić information content (AvgIpc) is 1.67. The molecule has 0 saturated carbocycles. The fraction of sp³-hybridized carbons (Fsp3) is 1.00. The van der Waals surface area contributed by atoms with Crippen LogP contribution in [0.1, 0.15) is 0 Å². The van der Waals surface area contributed by atoms with Crippen molar-refractivity contribution >= 4 is 37.1 Å². The summed E-state index contributed by atoms with van der Waals surface area (Å²) in [7, 11) is -1.49. The molecule has 0 atom stereocenters. The SMILES string of the molecule is C[Si](C)(C)[As+]([Si](C)(C)C)([Si](C)(C)C)[Si](C)(C)C.